The van der Waals surface area contributed by atoms with E-state index < -0.39 is 15.1 Å². The van der Waals surface area contributed by atoms with E-state index in [0.29, 0.717) is 5.56 Å². The number of aryl methyl sites for hydroxylation is 1. The molecule has 23 heavy (non-hydrogen) atoms. The van der Waals surface area contributed by atoms with Crippen molar-refractivity contribution in [3.8, 4) is 17.6 Å². The first-order valence-electron chi connectivity index (χ1n) is 6.28. The maximum absolute atomic E-state index is 12.4. The van der Waals surface area contributed by atoms with Crippen LogP contribution in [0.15, 0.2) is 28.0 Å². The molecule has 0 aliphatic heterocycles. The van der Waals surface area contributed by atoms with Gasteiger partial charge in [0.05, 0.1) is 29.0 Å². The van der Waals surface area contributed by atoms with Crippen LogP contribution in [0.3, 0.4) is 0 Å². The summed E-state index contributed by atoms with van der Waals surface area (Å²) in [6, 6.07) is 4.76. The molecule has 1 aromatic heterocycles. The van der Waals surface area contributed by atoms with Crippen LogP contribution in [-0.2, 0) is 17.2 Å². The van der Waals surface area contributed by atoms with E-state index in [2.05, 4.69) is 20.9 Å². The van der Waals surface area contributed by atoms with E-state index in [1.165, 1.54) is 23.0 Å². The van der Waals surface area contributed by atoms with Crippen LogP contribution in [0.2, 0.25) is 5.15 Å². The maximum atomic E-state index is 12.4. The van der Waals surface area contributed by atoms with E-state index in [-0.39, 0.29) is 27.7 Å². The lowest BCUT2D eigenvalue weighted by Gasteiger charge is -2.13. The second-order valence-electron chi connectivity index (χ2n) is 4.32. The molecule has 0 aliphatic rings. The molecule has 7 nitrogen and oxygen atoms in total. The van der Waals surface area contributed by atoms with Gasteiger partial charge in [-0.2, -0.15) is 13.7 Å². The summed E-state index contributed by atoms with van der Waals surface area (Å²) in [4.78, 5) is 3.73. The van der Waals surface area contributed by atoms with Crippen molar-refractivity contribution in [1.29, 1.82) is 5.26 Å². The smallest absolute Gasteiger partial charge is 0.360 e. The van der Waals surface area contributed by atoms with Gasteiger partial charge in [0.2, 0.25) is 5.03 Å². The zero-order valence-corrected chi connectivity index (χ0v) is 15.2. The Kier molecular flexibility index (Phi) is 5.19. The highest BCUT2D eigenvalue weighted by atomic mass is 79.9. The third-order valence-electron chi connectivity index (χ3n) is 2.70. The van der Waals surface area contributed by atoms with Crippen LogP contribution in [0.5, 0.6) is 11.5 Å². The Morgan fingerprint density at radius 1 is 1.48 bits per heavy atom. The molecule has 0 saturated carbocycles. The van der Waals surface area contributed by atoms with Gasteiger partial charge in [0.15, 0.2) is 16.7 Å². The van der Waals surface area contributed by atoms with Gasteiger partial charge in [0.1, 0.15) is 0 Å². The van der Waals surface area contributed by atoms with Crippen LogP contribution < -0.4 is 8.92 Å². The number of nitrogens with zero attached hydrogens (tertiary/aromatic N) is 3. The SMILES string of the molecule is CCOc1cc(C#N)cc(Br)c1OS(=O)(=O)c1ncn(C)c1Cl. The predicted molar refractivity (Wildman–Crippen MR) is 86.1 cm³/mol. The van der Waals surface area contributed by atoms with Crippen molar-refractivity contribution in [3.63, 3.8) is 0 Å². The molecule has 1 heterocycles. The van der Waals surface area contributed by atoms with Crippen molar-refractivity contribution in [2.75, 3.05) is 6.61 Å². The summed E-state index contributed by atoms with van der Waals surface area (Å²) in [5.41, 5.74) is 0.293. The fourth-order valence-electron chi connectivity index (χ4n) is 1.69. The number of nitriles is 1. The predicted octanol–water partition coefficient (Wildman–Crippen LogP) is 2.87. The summed E-state index contributed by atoms with van der Waals surface area (Å²) in [6.07, 6.45) is 1.26. The first kappa shape index (κ1) is 17.6. The molecule has 2 rings (SSSR count). The Balaban J connectivity index is 2.51. The molecular weight excluding hydrogens is 410 g/mol. The standard InChI is InChI=1S/C13H11BrClN3O4S/c1-3-21-10-5-8(6-16)4-9(14)11(10)22-23(19,20)13-12(15)18(2)7-17-13/h4-5,7H,3H2,1-2H3. The zero-order chi connectivity index (χ0) is 17.2. The fraction of sp³-hybridized carbons (Fsp3) is 0.231. The number of hydrogen-bond donors (Lipinski definition) is 0. The molecule has 122 valence electrons. The molecule has 0 fully saturated rings. The molecule has 0 amide bonds. The molecule has 0 spiro atoms. The van der Waals surface area contributed by atoms with Gasteiger partial charge in [-0.05, 0) is 28.9 Å². The molecule has 2 aromatic rings. The second-order valence-corrected chi connectivity index (χ2v) is 6.99. The highest BCUT2D eigenvalue weighted by molar-refractivity contribution is 9.10. The highest BCUT2D eigenvalue weighted by Gasteiger charge is 2.27. The minimum Gasteiger partial charge on any atom is -0.490 e. The molecular formula is C13H11BrClN3O4S. The van der Waals surface area contributed by atoms with Crippen LogP contribution in [0.25, 0.3) is 0 Å². The summed E-state index contributed by atoms with van der Waals surface area (Å²) in [5, 5.41) is 8.50. The zero-order valence-electron chi connectivity index (χ0n) is 12.1. The molecule has 10 heteroatoms. The molecule has 0 N–H and O–H groups in total. The van der Waals surface area contributed by atoms with Gasteiger partial charge in [-0.25, -0.2) is 4.98 Å². The number of rotatable bonds is 5. The van der Waals surface area contributed by atoms with Crippen molar-refractivity contribution in [2.24, 2.45) is 7.05 Å². The third-order valence-corrected chi connectivity index (χ3v) is 5.01. The van der Waals surface area contributed by atoms with Crippen LogP contribution in [0, 0.1) is 11.3 Å². The summed E-state index contributed by atoms with van der Waals surface area (Å²) in [5.74, 6) is 0.0432. The Bertz CT molecular complexity index is 889. The van der Waals surface area contributed by atoms with Crippen LogP contribution in [-0.4, -0.2) is 24.6 Å². The summed E-state index contributed by atoms with van der Waals surface area (Å²) in [6.45, 7) is 1.99. The number of halogens is 2. The number of imidazole rings is 1. The van der Waals surface area contributed by atoms with Gasteiger partial charge in [0, 0.05) is 13.1 Å². The van der Waals surface area contributed by atoms with E-state index in [0.717, 1.165) is 0 Å². The largest absolute Gasteiger partial charge is 0.490 e. The van der Waals surface area contributed by atoms with Crippen LogP contribution >= 0.6 is 27.5 Å². The van der Waals surface area contributed by atoms with Gasteiger partial charge in [-0.3, -0.25) is 0 Å². The quantitative estimate of drug-likeness (QED) is 0.690. The van der Waals surface area contributed by atoms with Gasteiger partial charge >= 0.3 is 10.1 Å². The van der Waals surface area contributed by atoms with Gasteiger partial charge in [-0.1, -0.05) is 11.6 Å². The Labute approximate surface area is 146 Å². The molecule has 0 aliphatic carbocycles. The molecule has 0 atom stereocenters. The summed E-state index contributed by atoms with van der Waals surface area (Å²) in [7, 11) is -2.71. The lowest BCUT2D eigenvalue weighted by Crippen LogP contribution is -2.12. The summed E-state index contributed by atoms with van der Waals surface area (Å²) < 4.78 is 36.8. The van der Waals surface area contributed by atoms with Crippen molar-refractivity contribution in [1.82, 2.24) is 9.55 Å². The molecule has 1 aromatic carbocycles. The lowest BCUT2D eigenvalue weighted by atomic mass is 10.2. The average Bonchev–Trinajstić information content (AvgIpc) is 2.83. The van der Waals surface area contributed by atoms with Gasteiger partial charge in [-0.15, -0.1) is 0 Å². The molecule has 0 bridgehead atoms. The van der Waals surface area contributed by atoms with Gasteiger partial charge < -0.3 is 13.5 Å². The number of ether oxygens (including phenoxy) is 1. The monoisotopic (exact) mass is 419 g/mol. The minimum atomic E-state index is -4.26. The van der Waals surface area contributed by atoms with Crippen molar-refractivity contribution < 1.29 is 17.3 Å². The lowest BCUT2D eigenvalue weighted by molar-refractivity contribution is 0.326. The second kappa shape index (κ2) is 6.78. The number of benzene rings is 1. The van der Waals surface area contributed by atoms with Crippen LogP contribution in [0.4, 0.5) is 0 Å². The third kappa shape index (κ3) is 3.60. The number of hydrogen-bond acceptors (Lipinski definition) is 6. The normalized spacial score (nSPS) is 11.1. The van der Waals surface area contributed by atoms with E-state index in [4.69, 9.17) is 25.8 Å². The first-order valence-corrected chi connectivity index (χ1v) is 8.85. The van der Waals surface area contributed by atoms with E-state index in [9.17, 15) is 8.42 Å². The molecule has 0 unspecified atom stereocenters. The first-order chi connectivity index (χ1) is 10.8. The van der Waals surface area contributed by atoms with Crippen molar-refractivity contribution in [3.05, 3.63) is 33.6 Å². The average molecular weight is 421 g/mol. The fourth-order valence-corrected chi connectivity index (χ4v) is 3.69. The van der Waals surface area contributed by atoms with E-state index in [1.54, 1.807) is 14.0 Å². The Hall–Kier alpha value is -1.76. The summed E-state index contributed by atoms with van der Waals surface area (Å²) >= 11 is 9.08. The van der Waals surface area contributed by atoms with Gasteiger partial charge in [0.25, 0.3) is 0 Å². The van der Waals surface area contributed by atoms with E-state index >= 15 is 0 Å². The van der Waals surface area contributed by atoms with Crippen molar-refractivity contribution in [2.45, 2.75) is 11.9 Å². The Morgan fingerprint density at radius 3 is 2.70 bits per heavy atom. The van der Waals surface area contributed by atoms with E-state index in [1.807, 2.05) is 6.07 Å². The highest BCUT2D eigenvalue weighted by Crippen LogP contribution is 2.39. The molecule has 0 saturated heterocycles. The maximum Gasteiger partial charge on any atom is 0.360 e. The topological polar surface area (TPSA) is 94.2 Å². The van der Waals surface area contributed by atoms with Crippen LogP contribution in [0.1, 0.15) is 12.5 Å². The molecule has 0 radical (unpaired) electrons. The number of aromatic nitrogens is 2. The minimum absolute atomic E-state index is 0.0762. The Morgan fingerprint density at radius 2 is 2.17 bits per heavy atom. The van der Waals surface area contributed by atoms with Crippen molar-refractivity contribution >= 4 is 37.6 Å².